The highest BCUT2D eigenvalue weighted by Crippen LogP contribution is 2.35. The van der Waals surface area contributed by atoms with Gasteiger partial charge in [0.2, 0.25) is 0 Å². The summed E-state index contributed by atoms with van der Waals surface area (Å²) < 4.78 is 27.1. The van der Waals surface area contributed by atoms with Gasteiger partial charge >= 0.3 is 0 Å². The van der Waals surface area contributed by atoms with E-state index in [-0.39, 0.29) is 11.5 Å². The van der Waals surface area contributed by atoms with Crippen LogP contribution in [0.2, 0.25) is 0 Å². The van der Waals surface area contributed by atoms with Crippen LogP contribution in [0.4, 0.5) is 0 Å². The molecule has 1 unspecified atom stereocenters. The largest absolute Gasteiger partial charge is 0.321 e. The maximum Gasteiger partial charge on any atom is 0.152 e. The second-order valence-corrected chi connectivity index (χ2v) is 9.58. The minimum absolute atomic E-state index is 0.173. The van der Waals surface area contributed by atoms with Gasteiger partial charge in [-0.15, -0.1) is 11.6 Å². The number of fused-ring (bicyclic) bond motifs is 1. The molecule has 114 valence electrons. The summed E-state index contributed by atoms with van der Waals surface area (Å²) in [6.07, 6.45) is 1.27. The number of rotatable bonds is 3. The smallest absolute Gasteiger partial charge is 0.152 e. The third kappa shape index (κ3) is 2.82. The Morgan fingerprint density at radius 1 is 1.48 bits per heavy atom. The third-order valence-corrected chi connectivity index (χ3v) is 6.77. The fourth-order valence-electron chi connectivity index (χ4n) is 3.13. The number of halogens is 2. The van der Waals surface area contributed by atoms with Crippen molar-refractivity contribution in [3.05, 3.63) is 27.6 Å². The van der Waals surface area contributed by atoms with E-state index in [2.05, 4.69) is 32.1 Å². The highest BCUT2D eigenvalue weighted by Gasteiger charge is 2.41. The number of aromatic nitrogens is 2. The summed E-state index contributed by atoms with van der Waals surface area (Å²) in [7, 11) is -2.97. The van der Waals surface area contributed by atoms with Gasteiger partial charge in [0.25, 0.3) is 0 Å². The molecule has 1 saturated heterocycles. The molecule has 3 rings (SSSR count). The van der Waals surface area contributed by atoms with E-state index in [1.807, 2.05) is 25.1 Å². The van der Waals surface area contributed by atoms with Gasteiger partial charge in [0.05, 0.1) is 28.1 Å². The number of hydrogen-bond donors (Lipinski definition) is 0. The Balaban J connectivity index is 2.22. The molecule has 1 aliphatic rings. The number of nitrogens with zero attached hydrogens (tertiary/aromatic N) is 2. The average Bonchev–Trinajstić information content (AvgIpc) is 2.87. The van der Waals surface area contributed by atoms with Gasteiger partial charge in [0, 0.05) is 15.9 Å². The summed E-state index contributed by atoms with van der Waals surface area (Å²) in [5.41, 5.74) is 1.48. The Morgan fingerprint density at radius 2 is 2.24 bits per heavy atom. The van der Waals surface area contributed by atoms with E-state index in [1.165, 1.54) is 0 Å². The normalized spacial score (nSPS) is 24.7. The molecule has 0 saturated carbocycles. The quantitative estimate of drug-likeness (QED) is 0.547. The van der Waals surface area contributed by atoms with Crippen molar-refractivity contribution in [2.45, 2.75) is 25.3 Å². The lowest BCUT2D eigenvalue weighted by atomic mass is 10.0. The van der Waals surface area contributed by atoms with Crippen molar-refractivity contribution in [1.82, 2.24) is 9.55 Å². The molecule has 0 spiro atoms. The number of sulfone groups is 1. The van der Waals surface area contributed by atoms with E-state index in [9.17, 15) is 8.42 Å². The Hall–Kier alpha value is -0.340. The lowest BCUT2D eigenvalue weighted by Crippen LogP contribution is -2.33. The zero-order valence-electron chi connectivity index (χ0n) is 11.6. The van der Waals surface area contributed by atoms with Crippen molar-refractivity contribution in [1.29, 1.82) is 0 Å². The molecular formula is C14H16ClIN2O2S. The van der Waals surface area contributed by atoms with Gasteiger partial charge in [-0.2, -0.15) is 0 Å². The zero-order valence-corrected chi connectivity index (χ0v) is 15.4. The summed E-state index contributed by atoms with van der Waals surface area (Å²) in [5, 5.41) is 0. The Morgan fingerprint density at radius 3 is 2.86 bits per heavy atom. The standard InChI is InChI=1S/C14H16ClIN2O2S/c1-14(5-7-21(19,20)9-14)18-12-3-2-10(16)8-11(12)17-13(18)4-6-15/h2-3,8H,4-7,9H2,1H3. The summed E-state index contributed by atoms with van der Waals surface area (Å²) in [4.78, 5) is 4.68. The van der Waals surface area contributed by atoms with Crippen molar-refractivity contribution in [2.24, 2.45) is 0 Å². The van der Waals surface area contributed by atoms with E-state index in [0.29, 0.717) is 18.7 Å². The molecule has 2 aromatic rings. The molecule has 7 heteroatoms. The first-order chi connectivity index (χ1) is 9.85. The third-order valence-electron chi connectivity index (χ3n) is 4.03. The molecule has 1 atom stereocenters. The number of imidazole rings is 1. The number of benzene rings is 1. The summed E-state index contributed by atoms with van der Waals surface area (Å²) in [5.74, 6) is 1.77. The molecule has 1 aromatic heterocycles. The first-order valence-corrected chi connectivity index (χ1v) is 10.2. The maximum atomic E-state index is 11.9. The highest BCUT2D eigenvalue weighted by atomic mass is 127. The van der Waals surface area contributed by atoms with Gasteiger partial charge < -0.3 is 4.57 Å². The average molecular weight is 439 g/mol. The lowest BCUT2D eigenvalue weighted by Gasteiger charge is -2.27. The number of hydrogen-bond acceptors (Lipinski definition) is 3. The van der Waals surface area contributed by atoms with Gasteiger partial charge in [-0.1, -0.05) is 0 Å². The van der Waals surface area contributed by atoms with Crippen LogP contribution in [-0.4, -0.2) is 35.4 Å². The van der Waals surface area contributed by atoms with Crippen LogP contribution in [0.1, 0.15) is 19.2 Å². The second-order valence-electron chi connectivity index (χ2n) is 5.77. The summed E-state index contributed by atoms with van der Waals surface area (Å²) in [6, 6.07) is 6.08. The molecule has 1 aromatic carbocycles. The van der Waals surface area contributed by atoms with Crippen molar-refractivity contribution in [3.8, 4) is 0 Å². The maximum absolute atomic E-state index is 11.9. The first kappa shape index (κ1) is 15.6. The first-order valence-electron chi connectivity index (χ1n) is 6.78. The Labute approximate surface area is 142 Å². The van der Waals surface area contributed by atoms with Crippen molar-refractivity contribution < 1.29 is 8.42 Å². The Bertz CT molecular complexity index is 803. The van der Waals surface area contributed by atoms with Crippen LogP contribution in [-0.2, 0) is 21.8 Å². The van der Waals surface area contributed by atoms with Crippen LogP contribution in [0.5, 0.6) is 0 Å². The van der Waals surface area contributed by atoms with Crippen LogP contribution in [0.15, 0.2) is 18.2 Å². The van der Waals surface area contributed by atoms with Gasteiger partial charge in [0.1, 0.15) is 5.82 Å². The molecule has 21 heavy (non-hydrogen) atoms. The molecule has 0 amide bonds. The monoisotopic (exact) mass is 438 g/mol. The van der Waals surface area contributed by atoms with Crippen LogP contribution in [0.25, 0.3) is 11.0 Å². The second kappa shape index (κ2) is 5.38. The molecule has 0 N–H and O–H groups in total. The molecule has 0 aliphatic carbocycles. The minimum Gasteiger partial charge on any atom is -0.321 e. The van der Waals surface area contributed by atoms with Crippen molar-refractivity contribution >= 4 is 55.1 Å². The topological polar surface area (TPSA) is 52.0 Å². The van der Waals surface area contributed by atoms with Gasteiger partial charge in [-0.25, -0.2) is 13.4 Å². The molecule has 1 fully saturated rings. The Kier molecular flexibility index (Phi) is 3.99. The number of alkyl halides is 1. The van der Waals surface area contributed by atoms with E-state index in [1.54, 1.807) is 0 Å². The SMILES string of the molecule is CC1(n2c(CCCl)nc3cc(I)ccc32)CCS(=O)(=O)C1. The minimum atomic E-state index is -2.97. The summed E-state index contributed by atoms with van der Waals surface area (Å²) in [6.45, 7) is 2.01. The zero-order chi connectivity index (χ0) is 15.3. The van der Waals surface area contributed by atoms with E-state index in [4.69, 9.17) is 11.6 Å². The molecule has 0 radical (unpaired) electrons. The van der Waals surface area contributed by atoms with Crippen LogP contribution in [0.3, 0.4) is 0 Å². The lowest BCUT2D eigenvalue weighted by molar-refractivity contribution is 0.365. The van der Waals surface area contributed by atoms with E-state index >= 15 is 0 Å². The van der Waals surface area contributed by atoms with Crippen LogP contribution < -0.4 is 0 Å². The predicted octanol–water partition coefficient (Wildman–Crippen LogP) is 2.96. The number of aryl methyl sites for hydroxylation is 1. The van der Waals surface area contributed by atoms with E-state index < -0.39 is 15.4 Å². The molecule has 0 bridgehead atoms. The van der Waals surface area contributed by atoms with Crippen LogP contribution in [0, 0.1) is 3.57 Å². The van der Waals surface area contributed by atoms with Crippen molar-refractivity contribution in [2.75, 3.05) is 17.4 Å². The molecular weight excluding hydrogens is 423 g/mol. The van der Waals surface area contributed by atoms with Gasteiger partial charge in [-0.3, -0.25) is 0 Å². The molecule has 4 nitrogen and oxygen atoms in total. The van der Waals surface area contributed by atoms with Gasteiger partial charge in [0.15, 0.2) is 9.84 Å². The van der Waals surface area contributed by atoms with Gasteiger partial charge in [-0.05, 0) is 54.1 Å². The molecule has 2 heterocycles. The fourth-order valence-corrected chi connectivity index (χ4v) is 5.89. The fraction of sp³-hybridized carbons (Fsp3) is 0.500. The molecule has 1 aliphatic heterocycles. The summed E-state index contributed by atoms with van der Waals surface area (Å²) >= 11 is 8.16. The van der Waals surface area contributed by atoms with E-state index in [0.717, 1.165) is 20.4 Å². The predicted molar refractivity (Wildman–Crippen MR) is 93.8 cm³/mol. The van der Waals surface area contributed by atoms with Crippen LogP contribution >= 0.6 is 34.2 Å². The highest BCUT2D eigenvalue weighted by molar-refractivity contribution is 14.1. The van der Waals surface area contributed by atoms with Crippen molar-refractivity contribution in [3.63, 3.8) is 0 Å².